The molecule has 2 aromatic carbocycles. The van der Waals surface area contributed by atoms with Crippen molar-refractivity contribution in [3.05, 3.63) is 71.0 Å². The minimum absolute atomic E-state index is 0.279. The highest BCUT2D eigenvalue weighted by atomic mass is 19.4. The lowest BCUT2D eigenvalue weighted by Crippen LogP contribution is -2.51. The number of amides is 1. The summed E-state index contributed by atoms with van der Waals surface area (Å²) < 4.78 is 45.5. The van der Waals surface area contributed by atoms with Crippen molar-refractivity contribution >= 4 is 17.3 Å². The quantitative estimate of drug-likeness (QED) is 0.510. The Balaban J connectivity index is 1.25. The zero-order chi connectivity index (χ0) is 27.6. The summed E-state index contributed by atoms with van der Waals surface area (Å²) in [7, 11) is 0. The largest absolute Gasteiger partial charge is 0.416 e. The SMILES string of the molecule is Cc1c(C(=O)Nc2ccc(N3CCN(C4CCOCC4)CC3)c(C#N)c2)cnn1-c1ccc(C(F)(F)F)cc1. The molecule has 2 aliphatic heterocycles. The average molecular weight is 539 g/mol. The molecule has 3 heterocycles. The number of alkyl halides is 3. The Morgan fingerprint density at radius 3 is 2.41 bits per heavy atom. The highest BCUT2D eigenvalue weighted by molar-refractivity contribution is 6.05. The fourth-order valence-electron chi connectivity index (χ4n) is 5.24. The van der Waals surface area contributed by atoms with Gasteiger partial charge in [-0.3, -0.25) is 9.69 Å². The first-order valence-electron chi connectivity index (χ1n) is 12.9. The molecule has 0 spiro atoms. The number of hydrogen-bond donors (Lipinski definition) is 1. The summed E-state index contributed by atoms with van der Waals surface area (Å²) in [5.41, 5.74) is 2.20. The monoisotopic (exact) mass is 538 g/mol. The number of benzene rings is 2. The van der Waals surface area contributed by atoms with Crippen LogP contribution in [-0.2, 0) is 10.9 Å². The van der Waals surface area contributed by atoms with Gasteiger partial charge < -0.3 is 15.0 Å². The third-order valence-electron chi connectivity index (χ3n) is 7.43. The third kappa shape index (κ3) is 5.77. The molecule has 1 aromatic heterocycles. The van der Waals surface area contributed by atoms with Crippen LogP contribution in [0, 0.1) is 18.3 Å². The molecule has 0 bridgehead atoms. The zero-order valence-corrected chi connectivity index (χ0v) is 21.5. The van der Waals surface area contributed by atoms with Gasteiger partial charge in [0.05, 0.1) is 40.0 Å². The second kappa shape index (κ2) is 11.1. The summed E-state index contributed by atoms with van der Waals surface area (Å²) in [6, 6.07) is 12.7. The van der Waals surface area contributed by atoms with Gasteiger partial charge in [0.2, 0.25) is 0 Å². The van der Waals surface area contributed by atoms with Crippen LogP contribution in [-0.4, -0.2) is 66.0 Å². The van der Waals surface area contributed by atoms with Gasteiger partial charge in [-0.15, -0.1) is 0 Å². The van der Waals surface area contributed by atoms with E-state index in [1.807, 2.05) is 6.07 Å². The first-order valence-corrected chi connectivity index (χ1v) is 12.9. The van der Waals surface area contributed by atoms with Crippen molar-refractivity contribution in [3.63, 3.8) is 0 Å². The van der Waals surface area contributed by atoms with E-state index in [-0.39, 0.29) is 5.56 Å². The molecule has 11 heteroatoms. The van der Waals surface area contributed by atoms with Crippen LogP contribution in [0.4, 0.5) is 24.5 Å². The van der Waals surface area contributed by atoms with E-state index in [1.165, 1.54) is 23.0 Å². The number of nitriles is 1. The van der Waals surface area contributed by atoms with Crippen LogP contribution >= 0.6 is 0 Å². The standard InChI is InChI=1S/C28H29F3N6O2/c1-19-25(18-33-37(19)24-5-2-21(3-6-24)28(29,30)31)27(38)34-22-4-7-26(20(16-22)17-32)36-12-10-35(11-13-36)23-8-14-39-15-9-23/h2-7,16,18,23H,8-15H2,1H3,(H,34,38). The minimum Gasteiger partial charge on any atom is -0.381 e. The summed E-state index contributed by atoms with van der Waals surface area (Å²) in [5, 5.41) is 16.8. The van der Waals surface area contributed by atoms with Crippen molar-refractivity contribution in [2.45, 2.75) is 32.0 Å². The molecule has 204 valence electrons. The summed E-state index contributed by atoms with van der Waals surface area (Å²) in [5.74, 6) is -0.424. The van der Waals surface area contributed by atoms with Crippen molar-refractivity contribution in [2.75, 3.05) is 49.6 Å². The molecule has 0 unspecified atom stereocenters. The topological polar surface area (TPSA) is 86.4 Å². The van der Waals surface area contributed by atoms with Gasteiger partial charge in [-0.2, -0.15) is 23.5 Å². The lowest BCUT2D eigenvalue weighted by Gasteiger charge is -2.41. The minimum atomic E-state index is -4.43. The van der Waals surface area contributed by atoms with Gasteiger partial charge in [0.1, 0.15) is 6.07 Å². The number of nitrogens with zero attached hydrogens (tertiary/aromatic N) is 5. The van der Waals surface area contributed by atoms with Crippen LogP contribution in [0.15, 0.2) is 48.7 Å². The first kappa shape index (κ1) is 26.7. The smallest absolute Gasteiger partial charge is 0.381 e. The van der Waals surface area contributed by atoms with Crippen LogP contribution < -0.4 is 10.2 Å². The summed E-state index contributed by atoms with van der Waals surface area (Å²) in [4.78, 5) is 17.7. The van der Waals surface area contributed by atoms with E-state index in [4.69, 9.17) is 4.74 Å². The van der Waals surface area contributed by atoms with Crippen molar-refractivity contribution in [2.24, 2.45) is 0 Å². The number of nitrogens with one attached hydrogen (secondary N) is 1. The Hall–Kier alpha value is -3.88. The van der Waals surface area contributed by atoms with Crippen LogP contribution in [0.5, 0.6) is 0 Å². The first-order chi connectivity index (χ1) is 18.7. The van der Waals surface area contributed by atoms with E-state index >= 15 is 0 Å². The molecule has 0 aliphatic carbocycles. The number of ether oxygens (including phenoxy) is 1. The second-order valence-electron chi connectivity index (χ2n) is 9.76. The summed E-state index contributed by atoms with van der Waals surface area (Å²) in [6.45, 7) is 6.79. The van der Waals surface area contributed by atoms with Crippen LogP contribution in [0.2, 0.25) is 0 Å². The molecule has 1 amide bonds. The number of hydrogen-bond acceptors (Lipinski definition) is 6. The highest BCUT2D eigenvalue weighted by Crippen LogP contribution is 2.30. The van der Waals surface area contributed by atoms with Crippen molar-refractivity contribution < 1.29 is 22.7 Å². The normalized spacial score (nSPS) is 17.2. The average Bonchev–Trinajstić information content (AvgIpc) is 3.34. The van der Waals surface area contributed by atoms with E-state index in [0.29, 0.717) is 28.7 Å². The molecule has 2 aliphatic rings. The predicted octanol–water partition coefficient (Wildman–Crippen LogP) is 4.62. The molecule has 2 saturated heterocycles. The molecular weight excluding hydrogens is 509 g/mol. The van der Waals surface area contributed by atoms with Gasteiger partial charge in [0, 0.05) is 51.1 Å². The van der Waals surface area contributed by atoms with E-state index in [2.05, 4.69) is 26.3 Å². The second-order valence-corrected chi connectivity index (χ2v) is 9.76. The van der Waals surface area contributed by atoms with Crippen molar-refractivity contribution in [3.8, 4) is 11.8 Å². The maximum absolute atomic E-state index is 13.0. The zero-order valence-electron chi connectivity index (χ0n) is 21.5. The number of halogens is 3. The van der Waals surface area contributed by atoms with E-state index in [1.54, 1.807) is 19.1 Å². The van der Waals surface area contributed by atoms with Crippen LogP contribution in [0.3, 0.4) is 0 Å². The van der Waals surface area contributed by atoms with Crippen molar-refractivity contribution in [1.29, 1.82) is 5.26 Å². The Kier molecular flexibility index (Phi) is 7.59. The molecule has 2 fully saturated rings. The van der Waals surface area contributed by atoms with Crippen LogP contribution in [0.1, 0.15) is 40.0 Å². The van der Waals surface area contributed by atoms with Gasteiger partial charge in [0.25, 0.3) is 5.91 Å². The number of rotatable bonds is 5. The molecule has 1 N–H and O–H groups in total. The molecule has 0 atom stereocenters. The molecule has 0 radical (unpaired) electrons. The molecule has 39 heavy (non-hydrogen) atoms. The van der Waals surface area contributed by atoms with Gasteiger partial charge in [-0.05, 0) is 62.2 Å². The number of carbonyl (C=O) groups is 1. The van der Waals surface area contributed by atoms with E-state index < -0.39 is 17.6 Å². The van der Waals surface area contributed by atoms with Gasteiger partial charge in [-0.1, -0.05) is 0 Å². The van der Waals surface area contributed by atoms with Gasteiger partial charge in [0.15, 0.2) is 0 Å². The Morgan fingerprint density at radius 2 is 1.77 bits per heavy atom. The molecule has 3 aromatic rings. The number of aromatic nitrogens is 2. The fraction of sp³-hybridized carbons (Fsp3) is 0.393. The van der Waals surface area contributed by atoms with E-state index in [9.17, 15) is 23.2 Å². The number of anilines is 2. The molecular formula is C28H29F3N6O2. The maximum Gasteiger partial charge on any atom is 0.416 e. The highest BCUT2D eigenvalue weighted by Gasteiger charge is 2.30. The predicted molar refractivity (Wildman–Crippen MR) is 140 cm³/mol. The fourth-order valence-corrected chi connectivity index (χ4v) is 5.24. The van der Waals surface area contributed by atoms with E-state index in [0.717, 1.165) is 70.1 Å². The molecule has 8 nitrogen and oxygen atoms in total. The van der Waals surface area contributed by atoms with Crippen molar-refractivity contribution in [1.82, 2.24) is 14.7 Å². The summed E-state index contributed by atoms with van der Waals surface area (Å²) in [6.07, 6.45) is -0.944. The van der Waals surface area contributed by atoms with Crippen LogP contribution in [0.25, 0.3) is 5.69 Å². The third-order valence-corrected chi connectivity index (χ3v) is 7.43. The van der Waals surface area contributed by atoms with Gasteiger partial charge >= 0.3 is 6.18 Å². The summed E-state index contributed by atoms with van der Waals surface area (Å²) >= 11 is 0. The number of carbonyl (C=O) groups excluding carboxylic acids is 1. The lowest BCUT2D eigenvalue weighted by atomic mass is 10.1. The lowest BCUT2D eigenvalue weighted by molar-refractivity contribution is -0.137. The van der Waals surface area contributed by atoms with Gasteiger partial charge in [-0.25, -0.2) is 4.68 Å². The number of piperazine rings is 1. The molecule has 5 rings (SSSR count). The Bertz CT molecular complexity index is 1370. The Labute approximate surface area is 224 Å². The maximum atomic E-state index is 13.0. The Morgan fingerprint density at radius 1 is 1.08 bits per heavy atom. The molecule has 0 saturated carbocycles.